The summed E-state index contributed by atoms with van der Waals surface area (Å²) < 4.78 is 0. The van der Waals surface area contributed by atoms with Gasteiger partial charge in [-0.3, -0.25) is 4.79 Å². The predicted molar refractivity (Wildman–Crippen MR) is 66.4 cm³/mol. The van der Waals surface area contributed by atoms with E-state index in [1.165, 1.54) is 0 Å². The zero-order valence-electron chi connectivity index (χ0n) is 9.80. The normalized spacial score (nSPS) is 19.0. The number of anilines is 1. The molecule has 0 aromatic carbocycles. The van der Waals surface area contributed by atoms with E-state index in [1.807, 2.05) is 18.2 Å². The Hall–Kier alpha value is -1.62. The monoisotopic (exact) mass is 234 g/mol. The first-order valence-corrected chi connectivity index (χ1v) is 5.84. The number of nitrogens with zero attached hydrogens (tertiary/aromatic N) is 2. The van der Waals surface area contributed by atoms with Gasteiger partial charge in [-0.05, 0) is 25.0 Å². The van der Waals surface area contributed by atoms with Crippen molar-refractivity contribution in [2.45, 2.75) is 12.8 Å². The standard InChI is InChI=1S/C12H18N4O/c13-9-12(11(14)17)4-7-16(8-5-12)10-3-1-2-6-15-10/h1-3,6H,4-5,7-9,13H2,(H2,14,17). The van der Waals surface area contributed by atoms with E-state index in [-0.39, 0.29) is 5.91 Å². The fourth-order valence-electron chi connectivity index (χ4n) is 2.26. The SMILES string of the molecule is NCC1(C(N)=O)CCN(c2ccccn2)CC1. The minimum absolute atomic E-state index is 0.277. The van der Waals surface area contributed by atoms with Gasteiger partial charge in [0.25, 0.3) is 0 Å². The number of primary amides is 1. The van der Waals surface area contributed by atoms with Crippen LogP contribution in [0.25, 0.3) is 0 Å². The van der Waals surface area contributed by atoms with Crippen molar-refractivity contribution in [2.24, 2.45) is 16.9 Å². The number of rotatable bonds is 3. The van der Waals surface area contributed by atoms with Crippen LogP contribution in [0.5, 0.6) is 0 Å². The number of carbonyl (C=O) groups excluding carboxylic acids is 1. The van der Waals surface area contributed by atoms with Crippen molar-refractivity contribution in [3.05, 3.63) is 24.4 Å². The Bertz CT molecular complexity index is 385. The molecule has 1 fully saturated rings. The maximum atomic E-state index is 11.5. The van der Waals surface area contributed by atoms with Gasteiger partial charge < -0.3 is 16.4 Å². The van der Waals surface area contributed by atoms with E-state index in [0.717, 1.165) is 18.9 Å². The van der Waals surface area contributed by atoms with Crippen LogP contribution in [0, 0.1) is 5.41 Å². The second-order valence-electron chi connectivity index (χ2n) is 4.52. The molecular weight excluding hydrogens is 216 g/mol. The third kappa shape index (κ3) is 2.24. The summed E-state index contributed by atoms with van der Waals surface area (Å²) in [5, 5.41) is 0. The Labute approximate surface area is 101 Å². The number of hydrogen-bond acceptors (Lipinski definition) is 4. The first-order chi connectivity index (χ1) is 8.18. The largest absolute Gasteiger partial charge is 0.369 e. The van der Waals surface area contributed by atoms with Crippen LogP contribution >= 0.6 is 0 Å². The van der Waals surface area contributed by atoms with Gasteiger partial charge in [-0.15, -0.1) is 0 Å². The minimum Gasteiger partial charge on any atom is -0.369 e. The van der Waals surface area contributed by atoms with Crippen molar-refractivity contribution in [1.29, 1.82) is 0 Å². The molecule has 1 aromatic heterocycles. The molecule has 2 rings (SSSR count). The lowest BCUT2D eigenvalue weighted by Gasteiger charge is -2.39. The first kappa shape index (κ1) is 11.9. The van der Waals surface area contributed by atoms with Crippen LogP contribution in [0.1, 0.15) is 12.8 Å². The summed E-state index contributed by atoms with van der Waals surface area (Å²) >= 11 is 0. The highest BCUT2D eigenvalue weighted by atomic mass is 16.1. The molecule has 5 nitrogen and oxygen atoms in total. The summed E-state index contributed by atoms with van der Waals surface area (Å²) in [4.78, 5) is 17.9. The Kier molecular flexibility index (Phi) is 3.28. The molecule has 1 amide bonds. The van der Waals surface area contributed by atoms with Crippen molar-refractivity contribution in [2.75, 3.05) is 24.5 Å². The topological polar surface area (TPSA) is 85.2 Å². The molecule has 1 aromatic rings. The summed E-state index contributed by atoms with van der Waals surface area (Å²) in [6.45, 7) is 1.88. The lowest BCUT2D eigenvalue weighted by Crippen LogP contribution is -2.51. The molecule has 0 atom stereocenters. The Morgan fingerprint density at radius 2 is 2.12 bits per heavy atom. The van der Waals surface area contributed by atoms with Gasteiger partial charge in [0.05, 0.1) is 5.41 Å². The molecule has 5 heteroatoms. The zero-order valence-corrected chi connectivity index (χ0v) is 9.80. The molecule has 1 aliphatic rings. The van der Waals surface area contributed by atoms with Crippen LogP contribution in [0.4, 0.5) is 5.82 Å². The summed E-state index contributed by atoms with van der Waals surface area (Å²) in [5.74, 6) is 0.670. The fraction of sp³-hybridized carbons (Fsp3) is 0.500. The van der Waals surface area contributed by atoms with E-state index in [0.29, 0.717) is 19.4 Å². The second-order valence-corrected chi connectivity index (χ2v) is 4.52. The van der Waals surface area contributed by atoms with Gasteiger partial charge >= 0.3 is 0 Å². The van der Waals surface area contributed by atoms with E-state index in [2.05, 4.69) is 9.88 Å². The lowest BCUT2D eigenvalue weighted by molar-refractivity contribution is -0.128. The number of hydrogen-bond donors (Lipinski definition) is 2. The second kappa shape index (κ2) is 4.71. The van der Waals surface area contributed by atoms with Crippen molar-refractivity contribution >= 4 is 11.7 Å². The number of pyridine rings is 1. The summed E-state index contributed by atoms with van der Waals surface area (Å²) in [7, 11) is 0. The van der Waals surface area contributed by atoms with Gasteiger partial charge in [-0.2, -0.15) is 0 Å². The van der Waals surface area contributed by atoms with Crippen LogP contribution < -0.4 is 16.4 Å². The van der Waals surface area contributed by atoms with Crippen molar-refractivity contribution < 1.29 is 4.79 Å². The minimum atomic E-state index is -0.523. The molecule has 1 saturated heterocycles. The Morgan fingerprint density at radius 1 is 1.41 bits per heavy atom. The molecule has 0 radical (unpaired) electrons. The number of nitrogens with two attached hydrogens (primary N) is 2. The third-order valence-electron chi connectivity index (χ3n) is 3.61. The van der Waals surface area contributed by atoms with Crippen LogP contribution in [0.3, 0.4) is 0 Å². The predicted octanol–water partition coefficient (Wildman–Crippen LogP) is 0.112. The smallest absolute Gasteiger partial charge is 0.225 e. The van der Waals surface area contributed by atoms with Crippen LogP contribution in [-0.4, -0.2) is 30.5 Å². The first-order valence-electron chi connectivity index (χ1n) is 5.84. The van der Waals surface area contributed by atoms with Gasteiger partial charge in [0.2, 0.25) is 5.91 Å². The van der Waals surface area contributed by atoms with Crippen LogP contribution in [0.2, 0.25) is 0 Å². The van der Waals surface area contributed by atoms with E-state index in [4.69, 9.17) is 11.5 Å². The Morgan fingerprint density at radius 3 is 2.59 bits per heavy atom. The zero-order chi connectivity index (χ0) is 12.3. The molecule has 0 unspecified atom stereocenters. The number of amides is 1. The van der Waals surface area contributed by atoms with Gasteiger partial charge in [0.1, 0.15) is 5.82 Å². The summed E-state index contributed by atoms with van der Waals surface area (Å²) in [5.41, 5.74) is 10.6. The molecule has 17 heavy (non-hydrogen) atoms. The van der Waals surface area contributed by atoms with Gasteiger partial charge in [0.15, 0.2) is 0 Å². The van der Waals surface area contributed by atoms with Crippen LogP contribution in [-0.2, 0) is 4.79 Å². The van der Waals surface area contributed by atoms with Crippen molar-refractivity contribution in [1.82, 2.24) is 4.98 Å². The summed E-state index contributed by atoms with van der Waals surface area (Å²) in [6, 6.07) is 5.82. The summed E-state index contributed by atoms with van der Waals surface area (Å²) in [6.07, 6.45) is 3.18. The van der Waals surface area contributed by atoms with E-state index >= 15 is 0 Å². The average molecular weight is 234 g/mol. The Balaban J connectivity index is 2.05. The number of piperidine rings is 1. The number of aromatic nitrogens is 1. The van der Waals surface area contributed by atoms with Gasteiger partial charge in [-0.1, -0.05) is 6.07 Å². The third-order valence-corrected chi connectivity index (χ3v) is 3.61. The van der Waals surface area contributed by atoms with Crippen LogP contribution in [0.15, 0.2) is 24.4 Å². The molecule has 4 N–H and O–H groups in total. The van der Waals surface area contributed by atoms with E-state index < -0.39 is 5.41 Å². The average Bonchev–Trinajstić information content (AvgIpc) is 2.39. The van der Waals surface area contributed by atoms with E-state index in [1.54, 1.807) is 6.20 Å². The molecule has 0 spiro atoms. The van der Waals surface area contributed by atoms with Crippen molar-refractivity contribution in [3.63, 3.8) is 0 Å². The molecule has 0 aliphatic carbocycles. The fourth-order valence-corrected chi connectivity index (χ4v) is 2.26. The highest BCUT2D eigenvalue weighted by Crippen LogP contribution is 2.31. The molecule has 92 valence electrons. The molecular formula is C12H18N4O. The maximum Gasteiger partial charge on any atom is 0.225 e. The maximum absolute atomic E-state index is 11.5. The quantitative estimate of drug-likeness (QED) is 0.777. The van der Waals surface area contributed by atoms with Gasteiger partial charge in [-0.25, -0.2) is 4.98 Å². The molecule has 1 aliphatic heterocycles. The highest BCUT2D eigenvalue weighted by molar-refractivity contribution is 5.81. The molecule has 0 bridgehead atoms. The van der Waals surface area contributed by atoms with Gasteiger partial charge in [0, 0.05) is 25.8 Å². The lowest BCUT2D eigenvalue weighted by atomic mass is 9.78. The van der Waals surface area contributed by atoms with E-state index in [9.17, 15) is 4.79 Å². The highest BCUT2D eigenvalue weighted by Gasteiger charge is 2.38. The number of carbonyl (C=O) groups is 1. The van der Waals surface area contributed by atoms with Crippen molar-refractivity contribution in [3.8, 4) is 0 Å². The molecule has 2 heterocycles. The molecule has 0 saturated carbocycles.